The van der Waals surface area contributed by atoms with E-state index >= 15 is 0 Å². The molecular formula is C17H21NO4. The average Bonchev–Trinajstić information content (AvgIpc) is 2.94. The lowest BCUT2D eigenvalue weighted by Crippen LogP contribution is -2.46. The van der Waals surface area contributed by atoms with E-state index in [2.05, 4.69) is 0 Å². The summed E-state index contributed by atoms with van der Waals surface area (Å²) in [6.45, 7) is 2.36. The van der Waals surface area contributed by atoms with Crippen LogP contribution in [0.5, 0.6) is 0 Å². The van der Waals surface area contributed by atoms with Crippen LogP contribution in [0, 0.1) is 0 Å². The minimum absolute atomic E-state index is 0.0114. The lowest BCUT2D eigenvalue weighted by Gasteiger charge is -2.33. The zero-order chi connectivity index (χ0) is 15.5. The molecule has 0 bridgehead atoms. The van der Waals surface area contributed by atoms with E-state index in [0.717, 1.165) is 17.5 Å². The molecule has 1 aromatic carbocycles. The number of Topliss-reactive ketones (excluding diaryl/α,β-unsaturated/α-hetero) is 1. The fourth-order valence-electron chi connectivity index (χ4n) is 3.19. The normalized spacial score (nSPS) is 21.0. The number of nitrogens with zero attached hydrogens (tertiary/aromatic N) is 1. The smallest absolute Gasteiger partial charge is 0.254 e. The summed E-state index contributed by atoms with van der Waals surface area (Å²) in [6.07, 6.45) is 1.99. The van der Waals surface area contributed by atoms with Crippen LogP contribution in [0.3, 0.4) is 0 Å². The van der Waals surface area contributed by atoms with Gasteiger partial charge in [0.2, 0.25) is 0 Å². The highest BCUT2D eigenvalue weighted by atomic mass is 16.5. The highest BCUT2D eigenvalue weighted by Crippen LogP contribution is 2.26. The molecule has 5 heteroatoms. The monoisotopic (exact) mass is 303 g/mol. The van der Waals surface area contributed by atoms with Crippen LogP contribution in [-0.4, -0.2) is 56.1 Å². The van der Waals surface area contributed by atoms with Gasteiger partial charge in [-0.2, -0.15) is 0 Å². The first kappa shape index (κ1) is 15.2. The van der Waals surface area contributed by atoms with Gasteiger partial charge in [-0.15, -0.1) is 0 Å². The third-order valence-corrected chi connectivity index (χ3v) is 4.38. The molecule has 1 aromatic rings. The summed E-state index contributed by atoms with van der Waals surface area (Å²) in [5.41, 5.74) is 2.31. The van der Waals surface area contributed by atoms with Gasteiger partial charge in [-0.05, 0) is 24.5 Å². The Bertz CT molecular complexity index is 584. The van der Waals surface area contributed by atoms with Crippen molar-refractivity contribution in [3.63, 3.8) is 0 Å². The van der Waals surface area contributed by atoms with E-state index in [1.165, 1.54) is 0 Å². The molecule has 1 aliphatic carbocycles. The Morgan fingerprint density at radius 2 is 2.27 bits per heavy atom. The standard InChI is InChI=1S/C17H21NO4/c1-21-9-7-12-11-18(8-10-22-12)17(20)15-4-2-3-14-13(15)5-6-16(14)19/h2-4,12H,5-11H2,1H3/t12-/m0/s1. The number of amides is 1. The van der Waals surface area contributed by atoms with Crippen molar-refractivity contribution in [2.75, 3.05) is 33.4 Å². The summed E-state index contributed by atoms with van der Waals surface area (Å²) in [7, 11) is 1.66. The molecule has 1 heterocycles. The lowest BCUT2D eigenvalue weighted by molar-refractivity contribution is -0.0333. The minimum Gasteiger partial charge on any atom is -0.385 e. The quantitative estimate of drug-likeness (QED) is 0.849. The maximum Gasteiger partial charge on any atom is 0.254 e. The predicted octanol–water partition coefficient (Wildman–Crippen LogP) is 1.69. The summed E-state index contributed by atoms with van der Waals surface area (Å²) >= 11 is 0. The summed E-state index contributed by atoms with van der Waals surface area (Å²) in [4.78, 5) is 26.5. The number of fused-ring (bicyclic) bond motifs is 1. The summed E-state index contributed by atoms with van der Waals surface area (Å²) in [5, 5.41) is 0. The maximum atomic E-state index is 12.8. The van der Waals surface area contributed by atoms with Gasteiger partial charge in [0, 0.05) is 44.4 Å². The molecule has 5 nitrogen and oxygen atoms in total. The van der Waals surface area contributed by atoms with Gasteiger partial charge < -0.3 is 14.4 Å². The zero-order valence-corrected chi connectivity index (χ0v) is 12.8. The molecule has 0 radical (unpaired) electrons. The molecule has 1 fully saturated rings. The molecule has 1 aliphatic heterocycles. The molecule has 0 N–H and O–H groups in total. The molecule has 2 aliphatic rings. The second-order valence-electron chi connectivity index (χ2n) is 5.78. The van der Waals surface area contributed by atoms with Crippen molar-refractivity contribution < 1.29 is 19.1 Å². The van der Waals surface area contributed by atoms with Crippen LogP contribution in [0.2, 0.25) is 0 Å². The molecule has 118 valence electrons. The van der Waals surface area contributed by atoms with Crippen LogP contribution in [0.1, 0.15) is 39.1 Å². The Balaban J connectivity index is 1.76. The van der Waals surface area contributed by atoms with Crippen LogP contribution in [0.15, 0.2) is 18.2 Å². The molecule has 1 saturated heterocycles. The number of methoxy groups -OCH3 is 1. The number of hydrogen-bond acceptors (Lipinski definition) is 4. The highest BCUT2D eigenvalue weighted by molar-refractivity contribution is 6.05. The first-order valence-corrected chi connectivity index (χ1v) is 7.75. The summed E-state index contributed by atoms with van der Waals surface area (Å²) < 4.78 is 10.8. The van der Waals surface area contributed by atoms with E-state index in [0.29, 0.717) is 44.7 Å². The van der Waals surface area contributed by atoms with Gasteiger partial charge in [-0.25, -0.2) is 0 Å². The van der Waals surface area contributed by atoms with Crippen molar-refractivity contribution in [2.45, 2.75) is 25.4 Å². The van der Waals surface area contributed by atoms with Crippen molar-refractivity contribution >= 4 is 11.7 Å². The number of rotatable bonds is 4. The van der Waals surface area contributed by atoms with Crippen molar-refractivity contribution in [2.24, 2.45) is 0 Å². The van der Waals surface area contributed by atoms with Gasteiger partial charge in [-0.3, -0.25) is 9.59 Å². The average molecular weight is 303 g/mol. The molecule has 0 saturated carbocycles. The number of ether oxygens (including phenoxy) is 2. The number of carbonyl (C=O) groups is 2. The van der Waals surface area contributed by atoms with E-state index in [9.17, 15) is 9.59 Å². The van der Waals surface area contributed by atoms with E-state index in [1.807, 2.05) is 17.0 Å². The van der Waals surface area contributed by atoms with Gasteiger partial charge in [0.1, 0.15) is 0 Å². The lowest BCUT2D eigenvalue weighted by atomic mass is 10.0. The molecule has 0 aromatic heterocycles. The molecule has 3 rings (SSSR count). The van der Waals surface area contributed by atoms with Crippen LogP contribution in [-0.2, 0) is 15.9 Å². The van der Waals surface area contributed by atoms with Crippen LogP contribution < -0.4 is 0 Å². The summed E-state index contributed by atoms with van der Waals surface area (Å²) in [6, 6.07) is 5.46. The van der Waals surface area contributed by atoms with Crippen LogP contribution in [0.4, 0.5) is 0 Å². The van der Waals surface area contributed by atoms with Gasteiger partial charge in [-0.1, -0.05) is 12.1 Å². The van der Waals surface area contributed by atoms with Crippen molar-refractivity contribution in [1.29, 1.82) is 0 Å². The van der Waals surface area contributed by atoms with Gasteiger partial charge in [0.25, 0.3) is 5.91 Å². The number of hydrogen-bond donors (Lipinski definition) is 0. The van der Waals surface area contributed by atoms with Gasteiger partial charge >= 0.3 is 0 Å². The van der Waals surface area contributed by atoms with Crippen LogP contribution in [0.25, 0.3) is 0 Å². The number of benzene rings is 1. The molecular weight excluding hydrogens is 282 g/mol. The van der Waals surface area contributed by atoms with Gasteiger partial charge in [0.05, 0.1) is 12.7 Å². The fourth-order valence-corrected chi connectivity index (χ4v) is 3.19. The third-order valence-electron chi connectivity index (χ3n) is 4.38. The maximum absolute atomic E-state index is 12.8. The van der Waals surface area contributed by atoms with Gasteiger partial charge in [0.15, 0.2) is 5.78 Å². The largest absolute Gasteiger partial charge is 0.385 e. The molecule has 0 unspecified atom stereocenters. The molecule has 22 heavy (non-hydrogen) atoms. The highest BCUT2D eigenvalue weighted by Gasteiger charge is 2.29. The first-order valence-electron chi connectivity index (χ1n) is 7.75. The zero-order valence-electron chi connectivity index (χ0n) is 12.8. The first-order chi connectivity index (χ1) is 10.7. The van der Waals surface area contributed by atoms with Crippen molar-refractivity contribution in [3.8, 4) is 0 Å². The van der Waals surface area contributed by atoms with Crippen molar-refractivity contribution in [3.05, 3.63) is 34.9 Å². The van der Waals surface area contributed by atoms with Crippen LogP contribution >= 0.6 is 0 Å². The number of ketones is 1. The van der Waals surface area contributed by atoms with E-state index in [-0.39, 0.29) is 17.8 Å². The topological polar surface area (TPSA) is 55.8 Å². The van der Waals surface area contributed by atoms with Crippen molar-refractivity contribution in [1.82, 2.24) is 4.90 Å². The fraction of sp³-hybridized carbons (Fsp3) is 0.529. The Kier molecular flexibility index (Phi) is 4.55. The molecule has 1 amide bonds. The predicted molar refractivity (Wildman–Crippen MR) is 81.2 cm³/mol. The minimum atomic E-state index is 0.0114. The third kappa shape index (κ3) is 2.91. The van der Waals surface area contributed by atoms with E-state index in [1.54, 1.807) is 13.2 Å². The molecule has 0 spiro atoms. The Morgan fingerprint density at radius 3 is 3.09 bits per heavy atom. The Labute approximate surface area is 130 Å². The Hall–Kier alpha value is -1.72. The van der Waals surface area contributed by atoms with E-state index < -0.39 is 0 Å². The SMILES string of the molecule is COCC[C@H]1CN(C(=O)c2cccc3c2CCC3=O)CCO1. The Morgan fingerprint density at radius 1 is 1.41 bits per heavy atom. The number of carbonyl (C=O) groups excluding carboxylic acids is 2. The molecule has 1 atom stereocenters. The van der Waals surface area contributed by atoms with E-state index in [4.69, 9.17) is 9.47 Å². The second kappa shape index (κ2) is 6.58. The number of morpholine rings is 1. The second-order valence-corrected chi connectivity index (χ2v) is 5.78. The summed E-state index contributed by atoms with van der Waals surface area (Å²) in [5.74, 6) is 0.155.